The minimum atomic E-state index is -1.66. The monoisotopic (exact) mass is 664 g/mol. The van der Waals surface area contributed by atoms with E-state index in [-0.39, 0.29) is 19.3 Å². The molecule has 0 spiro atoms. The lowest BCUT2D eigenvalue weighted by Gasteiger charge is -2.26. The number of rotatable bonds is 15. The Morgan fingerprint density at radius 1 is 0.633 bits per heavy atom. The number of carboxylic acid groups (broad SMARTS) is 1. The van der Waals surface area contributed by atoms with E-state index in [1.807, 2.05) is 48.5 Å². The number of ketones is 1. The maximum Gasteiger partial charge on any atom is 0.328 e. The fraction of sp³-hybridized carbons (Fsp3) is 0.263. The van der Waals surface area contributed by atoms with Crippen LogP contribution >= 0.6 is 0 Å². The highest BCUT2D eigenvalue weighted by molar-refractivity contribution is 6.38. The summed E-state index contributed by atoms with van der Waals surface area (Å²) in [6, 6.07) is 27.4. The molecule has 3 atom stereocenters. The van der Waals surface area contributed by atoms with Gasteiger partial charge in [-0.1, -0.05) is 103 Å². The third kappa shape index (κ3) is 10.3. The first-order valence-electron chi connectivity index (χ1n) is 15.9. The lowest BCUT2D eigenvalue weighted by molar-refractivity contribution is -0.146. The second-order valence-corrected chi connectivity index (χ2v) is 12.4. The van der Waals surface area contributed by atoms with Gasteiger partial charge in [-0.15, -0.1) is 0 Å². The molecule has 11 heteroatoms. The predicted octanol–water partition coefficient (Wildman–Crippen LogP) is 2.89. The number of aliphatic carboxylic acids is 1. The molecule has 0 bridgehead atoms. The number of Topliss-reactive ketones (excluding diaryl/α,β-unsaturated/α-hetero) is 1. The molecule has 11 nitrogen and oxygen atoms in total. The molecular weight excluding hydrogens is 624 g/mol. The van der Waals surface area contributed by atoms with Crippen LogP contribution in [0, 0.1) is 0 Å². The van der Waals surface area contributed by atoms with Gasteiger partial charge in [0.25, 0.3) is 5.91 Å². The van der Waals surface area contributed by atoms with E-state index in [0.717, 1.165) is 21.9 Å². The lowest BCUT2D eigenvalue weighted by Crippen LogP contribution is -2.59. The fourth-order valence-corrected chi connectivity index (χ4v) is 5.15. The number of nitrogens with one attached hydrogen (secondary N) is 4. The number of hydrogen-bond acceptors (Lipinski definition) is 6. The molecule has 0 aliphatic heterocycles. The Hall–Kier alpha value is -5.84. The van der Waals surface area contributed by atoms with Crippen LogP contribution in [-0.2, 0) is 48.0 Å². The molecule has 0 aliphatic rings. The van der Waals surface area contributed by atoms with Crippen LogP contribution in [0.5, 0.6) is 0 Å². The van der Waals surface area contributed by atoms with E-state index in [1.165, 1.54) is 20.8 Å². The van der Waals surface area contributed by atoms with Crippen LogP contribution in [0.2, 0.25) is 0 Å². The Bertz CT molecular complexity index is 1830. The molecule has 1 unspecified atom stereocenters. The van der Waals surface area contributed by atoms with E-state index < -0.39 is 59.0 Å². The summed E-state index contributed by atoms with van der Waals surface area (Å²) in [7, 11) is 0. The van der Waals surface area contributed by atoms with Gasteiger partial charge in [-0.2, -0.15) is 0 Å². The maximum absolute atomic E-state index is 13.4. The molecule has 4 amide bonds. The molecule has 0 heterocycles. The molecule has 0 fully saturated rings. The van der Waals surface area contributed by atoms with Crippen LogP contribution in [0.1, 0.15) is 37.5 Å². The third-order valence-corrected chi connectivity index (χ3v) is 7.96. The van der Waals surface area contributed by atoms with Gasteiger partial charge in [-0.3, -0.25) is 24.0 Å². The summed E-state index contributed by atoms with van der Waals surface area (Å²) in [6.45, 7) is 3.93. The highest BCUT2D eigenvalue weighted by Gasteiger charge is 2.35. The summed E-state index contributed by atoms with van der Waals surface area (Å²) in [5.41, 5.74) is 0.531. The molecule has 254 valence electrons. The first-order chi connectivity index (χ1) is 23.3. The summed E-state index contributed by atoms with van der Waals surface area (Å²) in [5, 5.41) is 21.5. The summed E-state index contributed by atoms with van der Waals surface area (Å²) < 4.78 is 0. The van der Waals surface area contributed by atoms with Gasteiger partial charge >= 0.3 is 5.97 Å². The molecule has 4 aromatic carbocycles. The molecule has 0 saturated carbocycles. The third-order valence-electron chi connectivity index (χ3n) is 7.96. The van der Waals surface area contributed by atoms with Crippen LogP contribution in [0.3, 0.4) is 0 Å². The van der Waals surface area contributed by atoms with Gasteiger partial charge in [0.15, 0.2) is 0 Å². The zero-order valence-electron chi connectivity index (χ0n) is 27.6. The van der Waals surface area contributed by atoms with Crippen molar-refractivity contribution in [3.63, 3.8) is 0 Å². The van der Waals surface area contributed by atoms with Crippen LogP contribution in [0.15, 0.2) is 103 Å². The van der Waals surface area contributed by atoms with E-state index in [9.17, 15) is 33.9 Å². The standard InChI is InChI=1S/C38H40N4O7/c1-24(39-34(45)30(21-25-12-6-4-7-13-25)40-32(43)23-26-14-8-5-9-15-26)33(44)36(47)41-31(35(46)42-38(2,3)37(48)49)22-27-18-19-28-16-10-11-17-29(28)20-27/h4-20,24,30-31H,21-23H2,1-3H3,(H,39,45)(H,40,43)(H,41,47)(H,42,46)(H,48,49)/t24?,30-,31-/m0/s1. The van der Waals surface area contributed by atoms with Crippen molar-refractivity contribution in [2.24, 2.45) is 0 Å². The molecule has 0 radical (unpaired) electrons. The van der Waals surface area contributed by atoms with E-state index in [1.54, 1.807) is 54.6 Å². The molecule has 0 saturated heterocycles. The second kappa shape index (κ2) is 16.3. The van der Waals surface area contributed by atoms with Gasteiger partial charge in [0.1, 0.15) is 17.6 Å². The second-order valence-electron chi connectivity index (χ2n) is 12.4. The fourth-order valence-electron chi connectivity index (χ4n) is 5.15. The number of carboxylic acids is 1. The van der Waals surface area contributed by atoms with Crippen molar-refractivity contribution < 1.29 is 33.9 Å². The van der Waals surface area contributed by atoms with E-state index >= 15 is 0 Å². The minimum Gasteiger partial charge on any atom is -0.480 e. The molecule has 0 aromatic heterocycles. The van der Waals surface area contributed by atoms with Crippen LogP contribution in [-0.4, -0.2) is 64.2 Å². The topological polar surface area (TPSA) is 171 Å². The quantitative estimate of drug-likeness (QED) is 0.122. The van der Waals surface area contributed by atoms with Crippen LogP contribution in [0.25, 0.3) is 10.8 Å². The first kappa shape index (κ1) is 36.0. The van der Waals surface area contributed by atoms with E-state index in [0.29, 0.717) is 5.56 Å². The molecule has 49 heavy (non-hydrogen) atoms. The van der Waals surface area contributed by atoms with Gasteiger partial charge in [-0.05, 0) is 48.2 Å². The number of carbonyl (C=O) groups is 6. The van der Waals surface area contributed by atoms with Crippen molar-refractivity contribution in [2.45, 2.75) is 63.7 Å². The summed E-state index contributed by atoms with van der Waals surface area (Å²) in [5.74, 6) is -5.34. The zero-order valence-corrected chi connectivity index (χ0v) is 27.6. The van der Waals surface area contributed by atoms with E-state index in [2.05, 4.69) is 21.3 Å². The average molecular weight is 665 g/mol. The summed E-state index contributed by atoms with van der Waals surface area (Å²) in [4.78, 5) is 77.9. The van der Waals surface area contributed by atoms with Crippen molar-refractivity contribution in [1.82, 2.24) is 21.3 Å². The van der Waals surface area contributed by atoms with Gasteiger partial charge in [0.05, 0.1) is 12.5 Å². The number of benzene rings is 4. The first-order valence-corrected chi connectivity index (χ1v) is 15.9. The molecule has 4 aromatic rings. The number of fused-ring (bicyclic) bond motifs is 1. The highest BCUT2D eigenvalue weighted by Crippen LogP contribution is 2.17. The zero-order chi connectivity index (χ0) is 35.6. The normalized spacial score (nSPS) is 13.0. The molecule has 0 aliphatic carbocycles. The highest BCUT2D eigenvalue weighted by atomic mass is 16.4. The molecule has 4 rings (SSSR count). The van der Waals surface area contributed by atoms with Gasteiger partial charge < -0.3 is 26.4 Å². The van der Waals surface area contributed by atoms with Crippen molar-refractivity contribution in [3.8, 4) is 0 Å². The number of amides is 4. The average Bonchev–Trinajstić information content (AvgIpc) is 3.07. The van der Waals surface area contributed by atoms with Crippen molar-refractivity contribution in [2.75, 3.05) is 0 Å². The lowest BCUT2D eigenvalue weighted by atomic mass is 9.99. The van der Waals surface area contributed by atoms with Crippen LogP contribution < -0.4 is 21.3 Å². The molecule has 5 N–H and O–H groups in total. The van der Waals surface area contributed by atoms with Crippen molar-refractivity contribution in [3.05, 3.63) is 120 Å². The van der Waals surface area contributed by atoms with Gasteiger partial charge in [0, 0.05) is 12.8 Å². The minimum absolute atomic E-state index is 0.0373. The van der Waals surface area contributed by atoms with Gasteiger partial charge in [0.2, 0.25) is 23.5 Å². The molecular formula is C38H40N4O7. The SMILES string of the molecule is CC(NC(=O)[C@H](Cc1ccccc1)NC(=O)Cc1ccccc1)C(=O)C(=O)N[C@@H](Cc1ccc2ccccc2c1)C(=O)NC(C)(C)C(=O)O. The summed E-state index contributed by atoms with van der Waals surface area (Å²) in [6.07, 6.45) is 0.127. The van der Waals surface area contributed by atoms with Crippen molar-refractivity contribution >= 4 is 46.2 Å². The van der Waals surface area contributed by atoms with E-state index in [4.69, 9.17) is 0 Å². The Labute approximate surface area is 284 Å². The Morgan fingerprint density at radius 2 is 1.18 bits per heavy atom. The smallest absolute Gasteiger partial charge is 0.328 e. The predicted molar refractivity (Wildman–Crippen MR) is 184 cm³/mol. The maximum atomic E-state index is 13.4. The summed E-state index contributed by atoms with van der Waals surface area (Å²) >= 11 is 0. The van der Waals surface area contributed by atoms with Crippen molar-refractivity contribution in [1.29, 1.82) is 0 Å². The largest absolute Gasteiger partial charge is 0.480 e. The number of carbonyl (C=O) groups excluding carboxylic acids is 5. The number of hydrogen-bond donors (Lipinski definition) is 5. The Morgan fingerprint density at radius 3 is 1.82 bits per heavy atom. The van der Waals surface area contributed by atoms with Crippen LogP contribution in [0.4, 0.5) is 0 Å². The van der Waals surface area contributed by atoms with Gasteiger partial charge in [-0.25, -0.2) is 4.79 Å². The Balaban J connectivity index is 1.47. The Kier molecular flexibility index (Phi) is 12.0.